The molecular formula is C22H33FIN7O2. The smallest absolute Gasteiger partial charge is 0.241 e. The van der Waals surface area contributed by atoms with Gasteiger partial charge in [-0.3, -0.25) is 9.69 Å². The number of benzene rings is 1. The van der Waals surface area contributed by atoms with Crippen LogP contribution < -0.4 is 10.6 Å². The number of hydrogen-bond donors (Lipinski definition) is 2. The second-order valence-electron chi connectivity index (χ2n) is 7.77. The van der Waals surface area contributed by atoms with Crippen molar-refractivity contribution in [1.29, 1.82) is 0 Å². The summed E-state index contributed by atoms with van der Waals surface area (Å²) in [6.45, 7) is 5.75. The molecule has 1 aliphatic heterocycles. The molecule has 0 radical (unpaired) electrons. The molecule has 0 bridgehead atoms. The van der Waals surface area contributed by atoms with E-state index in [0.717, 1.165) is 57.2 Å². The minimum atomic E-state index is -0.284. The highest BCUT2D eigenvalue weighted by Crippen LogP contribution is 2.09. The number of likely N-dealkylation sites (N-methyl/N-ethyl adjacent to an activating group) is 1. The van der Waals surface area contributed by atoms with Gasteiger partial charge >= 0.3 is 0 Å². The maximum absolute atomic E-state index is 13.1. The maximum Gasteiger partial charge on any atom is 0.241 e. The van der Waals surface area contributed by atoms with Gasteiger partial charge < -0.3 is 20.3 Å². The lowest BCUT2D eigenvalue weighted by atomic mass is 10.3. The van der Waals surface area contributed by atoms with Crippen molar-refractivity contribution >= 4 is 35.8 Å². The SMILES string of the molecule is CN(C)C(=O)CNC(=NCc1ccn(-c2ccc(F)cc2)n1)NCCCN1CCOCC1.I. The molecule has 33 heavy (non-hydrogen) atoms. The summed E-state index contributed by atoms with van der Waals surface area (Å²) in [6, 6.07) is 8.02. The Balaban J connectivity index is 0.00000385. The van der Waals surface area contributed by atoms with Crippen molar-refractivity contribution in [3.63, 3.8) is 0 Å². The summed E-state index contributed by atoms with van der Waals surface area (Å²) in [5.74, 6) is 0.250. The number of halogens is 2. The van der Waals surface area contributed by atoms with E-state index in [9.17, 15) is 9.18 Å². The first-order valence-corrected chi connectivity index (χ1v) is 10.8. The van der Waals surface area contributed by atoms with Crippen LogP contribution in [0.3, 0.4) is 0 Å². The summed E-state index contributed by atoms with van der Waals surface area (Å²) in [5, 5.41) is 10.9. The number of ether oxygens (including phenoxy) is 1. The molecule has 2 aromatic rings. The zero-order chi connectivity index (χ0) is 22.8. The zero-order valence-electron chi connectivity index (χ0n) is 19.2. The second-order valence-corrected chi connectivity index (χ2v) is 7.77. The van der Waals surface area contributed by atoms with Crippen molar-refractivity contribution in [3.8, 4) is 5.69 Å². The Hall–Kier alpha value is -2.25. The van der Waals surface area contributed by atoms with Gasteiger partial charge in [-0.1, -0.05) is 0 Å². The highest BCUT2D eigenvalue weighted by Gasteiger charge is 2.10. The molecule has 182 valence electrons. The van der Waals surface area contributed by atoms with Gasteiger partial charge in [0.15, 0.2) is 5.96 Å². The summed E-state index contributed by atoms with van der Waals surface area (Å²) in [5.41, 5.74) is 1.54. The average Bonchev–Trinajstić information content (AvgIpc) is 3.27. The topological polar surface area (TPSA) is 87.0 Å². The molecule has 0 spiro atoms. The molecule has 2 heterocycles. The third kappa shape index (κ3) is 9.26. The molecule has 11 heteroatoms. The number of aromatic nitrogens is 2. The third-order valence-corrected chi connectivity index (χ3v) is 5.09. The van der Waals surface area contributed by atoms with E-state index in [1.54, 1.807) is 30.9 Å². The fourth-order valence-corrected chi connectivity index (χ4v) is 3.17. The number of aliphatic imine (C=N–C) groups is 1. The van der Waals surface area contributed by atoms with Crippen molar-refractivity contribution < 1.29 is 13.9 Å². The van der Waals surface area contributed by atoms with Gasteiger partial charge in [-0.25, -0.2) is 14.1 Å². The van der Waals surface area contributed by atoms with E-state index in [-0.39, 0.29) is 42.2 Å². The van der Waals surface area contributed by atoms with Gasteiger partial charge in [-0.15, -0.1) is 24.0 Å². The Labute approximate surface area is 211 Å². The molecule has 1 fully saturated rings. The number of rotatable bonds is 9. The number of guanidine groups is 1. The molecule has 0 saturated carbocycles. The molecule has 0 unspecified atom stereocenters. The normalized spacial score (nSPS) is 14.5. The van der Waals surface area contributed by atoms with Crippen molar-refractivity contribution in [2.45, 2.75) is 13.0 Å². The number of amides is 1. The van der Waals surface area contributed by atoms with Crippen LogP contribution in [0.1, 0.15) is 12.1 Å². The molecule has 1 saturated heterocycles. The van der Waals surface area contributed by atoms with Gasteiger partial charge in [-0.2, -0.15) is 5.10 Å². The Kier molecular flexibility index (Phi) is 11.5. The van der Waals surface area contributed by atoms with Gasteiger partial charge in [-0.05, 0) is 43.3 Å². The summed E-state index contributed by atoms with van der Waals surface area (Å²) >= 11 is 0. The molecule has 1 amide bonds. The van der Waals surface area contributed by atoms with Gasteiger partial charge in [0, 0.05) is 39.9 Å². The number of nitrogens with zero attached hydrogens (tertiary/aromatic N) is 5. The number of carbonyl (C=O) groups excluding carboxylic acids is 1. The lowest BCUT2D eigenvalue weighted by Crippen LogP contribution is -2.44. The van der Waals surface area contributed by atoms with Crippen LogP contribution in [0.5, 0.6) is 0 Å². The molecule has 2 N–H and O–H groups in total. The Morgan fingerprint density at radius 3 is 2.61 bits per heavy atom. The Morgan fingerprint density at radius 2 is 1.91 bits per heavy atom. The minimum Gasteiger partial charge on any atom is -0.379 e. The minimum absolute atomic E-state index is 0. The lowest BCUT2D eigenvalue weighted by molar-refractivity contribution is -0.127. The fourth-order valence-electron chi connectivity index (χ4n) is 3.17. The molecule has 1 aliphatic rings. The molecule has 3 rings (SSSR count). The third-order valence-electron chi connectivity index (χ3n) is 5.09. The summed E-state index contributed by atoms with van der Waals surface area (Å²) in [7, 11) is 3.44. The van der Waals surface area contributed by atoms with Crippen LogP contribution in [-0.4, -0.2) is 91.5 Å². The summed E-state index contributed by atoms with van der Waals surface area (Å²) in [6.07, 6.45) is 2.78. The van der Waals surface area contributed by atoms with Gasteiger partial charge in [0.1, 0.15) is 5.82 Å². The number of hydrogen-bond acceptors (Lipinski definition) is 5. The molecule has 1 aromatic heterocycles. The van der Waals surface area contributed by atoms with E-state index in [0.29, 0.717) is 12.5 Å². The van der Waals surface area contributed by atoms with Crippen molar-refractivity contribution in [2.75, 3.05) is 60.0 Å². The number of nitrogens with one attached hydrogen (secondary N) is 2. The predicted octanol–water partition coefficient (Wildman–Crippen LogP) is 1.48. The molecular weight excluding hydrogens is 540 g/mol. The second kappa shape index (κ2) is 14.1. The van der Waals surface area contributed by atoms with E-state index in [1.807, 2.05) is 12.3 Å². The first kappa shape index (κ1) is 27.0. The quantitative estimate of drug-likeness (QED) is 0.205. The van der Waals surface area contributed by atoms with Crippen LogP contribution in [-0.2, 0) is 16.1 Å². The Morgan fingerprint density at radius 1 is 1.18 bits per heavy atom. The molecule has 9 nitrogen and oxygen atoms in total. The molecule has 1 aromatic carbocycles. The van der Waals surface area contributed by atoms with Crippen LogP contribution in [0.15, 0.2) is 41.5 Å². The molecule has 0 aliphatic carbocycles. The van der Waals surface area contributed by atoms with Gasteiger partial charge in [0.25, 0.3) is 0 Å². The highest BCUT2D eigenvalue weighted by atomic mass is 127. The van der Waals surface area contributed by atoms with E-state index in [1.165, 1.54) is 17.0 Å². The lowest BCUT2D eigenvalue weighted by Gasteiger charge is -2.26. The predicted molar refractivity (Wildman–Crippen MR) is 137 cm³/mol. The average molecular weight is 573 g/mol. The molecule has 0 atom stereocenters. The van der Waals surface area contributed by atoms with Crippen molar-refractivity contribution in [2.24, 2.45) is 4.99 Å². The van der Waals surface area contributed by atoms with E-state index in [4.69, 9.17) is 4.74 Å². The maximum atomic E-state index is 13.1. The summed E-state index contributed by atoms with van der Waals surface area (Å²) < 4.78 is 20.2. The van der Waals surface area contributed by atoms with Crippen LogP contribution in [0.4, 0.5) is 4.39 Å². The summed E-state index contributed by atoms with van der Waals surface area (Å²) in [4.78, 5) is 20.5. The van der Waals surface area contributed by atoms with Gasteiger partial charge in [0.05, 0.1) is 37.7 Å². The van der Waals surface area contributed by atoms with Crippen molar-refractivity contribution in [3.05, 3.63) is 48.0 Å². The first-order chi connectivity index (χ1) is 15.5. The zero-order valence-corrected chi connectivity index (χ0v) is 21.5. The fraction of sp³-hybridized carbons (Fsp3) is 0.500. The highest BCUT2D eigenvalue weighted by molar-refractivity contribution is 14.0. The van der Waals surface area contributed by atoms with E-state index < -0.39 is 0 Å². The van der Waals surface area contributed by atoms with Crippen LogP contribution in [0.25, 0.3) is 5.69 Å². The standard InChI is InChI=1S/C22H32FN7O2.HI/c1-28(2)21(31)17-26-22(24-9-3-10-29-12-14-32-15-13-29)25-16-19-8-11-30(27-19)20-6-4-18(23)5-7-20;/h4-8,11H,3,9-10,12-17H2,1-2H3,(H2,24,25,26);1H. The van der Waals surface area contributed by atoms with Crippen molar-refractivity contribution in [1.82, 2.24) is 30.2 Å². The van der Waals surface area contributed by atoms with Crippen LogP contribution in [0, 0.1) is 5.82 Å². The largest absolute Gasteiger partial charge is 0.379 e. The Bertz CT molecular complexity index is 883. The van der Waals surface area contributed by atoms with Crippen LogP contribution >= 0.6 is 24.0 Å². The van der Waals surface area contributed by atoms with E-state index in [2.05, 4.69) is 25.6 Å². The number of carbonyl (C=O) groups is 1. The van der Waals surface area contributed by atoms with Crippen LogP contribution in [0.2, 0.25) is 0 Å². The van der Waals surface area contributed by atoms with Gasteiger partial charge in [0.2, 0.25) is 5.91 Å². The first-order valence-electron chi connectivity index (χ1n) is 10.8. The number of morpholine rings is 1. The monoisotopic (exact) mass is 573 g/mol. The van der Waals surface area contributed by atoms with E-state index >= 15 is 0 Å².